The molecule has 1 aromatic heterocycles. The summed E-state index contributed by atoms with van der Waals surface area (Å²) in [4.78, 5) is 28.7. The van der Waals surface area contributed by atoms with E-state index in [2.05, 4.69) is 15.6 Å². The third kappa shape index (κ3) is 4.75. The Morgan fingerprint density at radius 3 is 2.38 bits per heavy atom. The zero-order valence-corrected chi connectivity index (χ0v) is 18.1. The zero-order valence-electron chi connectivity index (χ0n) is 17.3. The van der Waals surface area contributed by atoms with E-state index in [1.165, 1.54) is 0 Å². The molecule has 2 N–H and O–H groups in total. The number of amides is 2. The van der Waals surface area contributed by atoms with Crippen LogP contribution in [0.1, 0.15) is 52.6 Å². The molecule has 2 aliphatic rings. The molecule has 1 aromatic carbocycles. The summed E-state index contributed by atoms with van der Waals surface area (Å²) in [6, 6.07) is 8.27. The third-order valence-corrected chi connectivity index (χ3v) is 6.75. The summed E-state index contributed by atoms with van der Waals surface area (Å²) in [7, 11) is 0. The van der Waals surface area contributed by atoms with Gasteiger partial charge in [0, 0.05) is 28.9 Å². The van der Waals surface area contributed by atoms with E-state index in [1.807, 2.05) is 6.92 Å². The molecule has 4 rings (SSSR count). The molecule has 2 fully saturated rings. The molecule has 0 bridgehead atoms. The number of hydrogen-bond donors (Lipinski definition) is 2. The molecule has 2 amide bonds. The maximum atomic E-state index is 12.9. The number of hydrogen-bond acceptors (Lipinski definition) is 3. The smallest absolute Gasteiger partial charge is 0.349 e. The van der Waals surface area contributed by atoms with Crippen LogP contribution in [0.2, 0.25) is 5.02 Å². The van der Waals surface area contributed by atoms with Gasteiger partial charge in [-0.15, -0.1) is 0 Å². The van der Waals surface area contributed by atoms with Crippen molar-refractivity contribution in [2.45, 2.75) is 44.4 Å². The van der Waals surface area contributed by atoms with E-state index in [4.69, 9.17) is 11.6 Å². The second-order valence-corrected chi connectivity index (χ2v) is 8.91. The number of carbonyl (C=O) groups is 2. The van der Waals surface area contributed by atoms with Gasteiger partial charge in [-0.2, -0.15) is 13.2 Å². The van der Waals surface area contributed by atoms with Crippen molar-refractivity contribution in [1.29, 1.82) is 0 Å². The highest BCUT2D eigenvalue weighted by Crippen LogP contribution is 2.59. The van der Waals surface area contributed by atoms with Gasteiger partial charge in [0.05, 0.1) is 5.56 Å². The first-order valence-electron chi connectivity index (χ1n) is 10.6. The molecular weight excluding hydrogens is 443 g/mol. The van der Waals surface area contributed by atoms with E-state index < -0.39 is 17.6 Å². The Labute approximate surface area is 188 Å². The fourth-order valence-corrected chi connectivity index (χ4v) is 5.05. The Balaban J connectivity index is 1.31. The van der Waals surface area contributed by atoms with Gasteiger partial charge in [0.2, 0.25) is 0 Å². The Morgan fingerprint density at radius 2 is 1.78 bits per heavy atom. The number of pyridine rings is 1. The Kier molecular flexibility index (Phi) is 6.16. The fourth-order valence-electron chi connectivity index (χ4n) is 4.92. The SMILES string of the molecule is CCC(NC(=O)c1ccc(Cl)cc1)[C@H]1[C@@H]2C[C@@H](NC(=O)c3cc(C(F)(F)F)ccn3)C[C@@H]21. The minimum atomic E-state index is -4.52. The van der Waals surface area contributed by atoms with Gasteiger partial charge >= 0.3 is 6.18 Å². The number of carbonyl (C=O) groups excluding carboxylic acids is 2. The first kappa shape index (κ1) is 22.6. The number of alkyl halides is 3. The van der Waals surface area contributed by atoms with Gasteiger partial charge in [0.15, 0.2) is 0 Å². The number of rotatable bonds is 6. The lowest BCUT2D eigenvalue weighted by Crippen LogP contribution is -2.39. The normalized spacial score (nSPS) is 25.0. The standard InChI is InChI=1S/C23H23ClF3N3O2/c1-2-18(30-21(31)12-3-5-14(24)6-4-12)20-16-10-15(11-17(16)20)29-22(32)19-9-13(7-8-28-19)23(25,26)27/h3-9,15-18,20H,2,10-11H2,1H3,(H,29,32)(H,30,31)/t15-,16-,17+,18?,20+. The second kappa shape index (κ2) is 8.73. The summed E-state index contributed by atoms with van der Waals surface area (Å²) >= 11 is 5.88. The molecular formula is C23H23ClF3N3O2. The lowest BCUT2D eigenvalue weighted by Gasteiger charge is -2.22. The van der Waals surface area contributed by atoms with Crippen molar-refractivity contribution in [2.75, 3.05) is 0 Å². The molecule has 5 nitrogen and oxygen atoms in total. The predicted molar refractivity (Wildman–Crippen MR) is 113 cm³/mol. The number of nitrogens with one attached hydrogen (secondary N) is 2. The van der Waals surface area contributed by atoms with Crippen molar-refractivity contribution in [3.63, 3.8) is 0 Å². The van der Waals surface area contributed by atoms with Gasteiger partial charge in [0.25, 0.3) is 11.8 Å². The van der Waals surface area contributed by atoms with E-state index in [0.717, 1.165) is 37.6 Å². The molecule has 5 atom stereocenters. The van der Waals surface area contributed by atoms with Crippen LogP contribution in [0.4, 0.5) is 13.2 Å². The quantitative estimate of drug-likeness (QED) is 0.648. The number of benzene rings is 1. The van der Waals surface area contributed by atoms with Crippen molar-refractivity contribution in [1.82, 2.24) is 15.6 Å². The third-order valence-electron chi connectivity index (χ3n) is 6.49. The Morgan fingerprint density at radius 1 is 1.12 bits per heavy atom. The van der Waals surface area contributed by atoms with Crippen LogP contribution in [0, 0.1) is 17.8 Å². The van der Waals surface area contributed by atoms with E-state index in [9.17, 15) is 22.8 Å². The average Bonchev–Trinajstić information content (AvgIpc) is 3.25. The van der Waals surface area contributed by atoms with E-state index in [1.54, 1.807) is 24.3 Å². The number of aromatic nitrogens is 1. The molecule has 0 saturated heterocycles. The van der Waals surface area contributed by atoms with Crippen LogP contribution in [0.3, 0.4) is 0 Å². The van der Waals surface area contributed by atoms with Crippen LogP contribution in [0.25, 0.3) is 0 Å². The summed E-state index contributed by atoms with van der Waals surface area (Å²) in [5.74, 6) is 0.368. The van der Waals surface area contributed by atoms with Crippen LogP contribution in [0.15, 0.2) is 42.6 Å². The lowest BCUT2D eigenvalue weighted by atomic mass is 9.99. The fraction of sp³-hybridized carbons (Fsp3) is 0.435. The van der Waals surface area contributed by atoms with Crippen LogP contribution < -0.4 is 10.6 Å². The maximum Gasteiger partial charge on any atom is 0.416 e. The van der Waals surface area contributed by atoms with Gasteiger partial charge < -0.3 is 10.6 Å². The van der Waals surface area contributed by atoms with Crippen LogP contribution in [0.5, 0.6) is 0 Å². The predicted octanol–water partition coefficient (Wildman–Crippen LogP) is 4.72. The molecule has 170 valence electrons. The highest BCUT2D eigenvalue weighted by molar-refractivity contribution is 6.30. The lowest BCUT2D eigenvalue weighted by molar-refractivity contribution is -0.137. The molecule has 2 aromatic rings. The van der Waals surface area contributed by atoms with Crippen molar-refractivity contribution >= 4 is 23.4 Å². The topological polar surface area (TPSA) is 71.1 Å². The van der Waals surface area contributed by atoms with Crippen LogP contribution in [-0.2, 0) is 6.18 Å². The number of nitrogens with zero attached hydrogens (tertiary/aromatic N) is 1. The van der Waals surface area contributed by atoms with Gasteiger partial charge in [0.1, 0.15) is 5.69 Å². The van der Waals surface area contributed by atoms with Gasteiger partial charge in [-0.05, 0) is 73.4 Å². The number of halogens is 4. The molecule has 1 heterocycles. The van der Waals surface area contributed by atoms with Crippen molar-refractivity contribution in [2.24, 2.45) is 17.8 Å². The number of fused-ring (bicyclic) bond motifs is 1. The second-order valence-electron chi connectivity index (χ2n) is 8.47. The maximum absolute atomic E-state index is 12.9. The Hall–Kier alpha value is -2.61. The average molecular weight is 466 g/mol. The van der Waals surface area contributed by atoms with Gasteiger partial charge in [-0.25, -0.2) is 0 Å². The summed E-state index contributed by atoms with van der Waals surface area (Å²) < 4.78 is 38.6. The van der Waals surface area contributed by atoms with Crippen molar-refractivity contribution in [3.05, 3.63) is 64.4 Å². The molecule has 2 aliphatic carbocycles. The van der Waals surface area contributed by atoms with E-state index >= 15 is 0 Å². The van der Waals surface area contributed by atoms with Crippen LogP contribution >= 0.6 is 11.6 Å². The summed E-state index contributed by atoms with van der Waals surface area (Å²) in [5, 5.41) is 6.49. The first-order valence-corrected chi connectivity index (χ1v) is 11.0. The summed E-state index contributed by atoms with van der Waals surface area (Å²) in [6.07, 6.45) is -1.25. The molecule has 0 spiro atoms. The molecule has 32 heavy (non-hydrogen) atoms. The van der Waals surface area contributed by atoms with Crippen molar-refractivity contribution in [3.8, 4) is 0 Å². The highest BCUT2D eigenvalue weighted by atomic mass is 35.5. The molecule has 1 unspecified atom stereocenters. The largest absolute Gasteiger partial charge is 0.416 e. The first-order chi connectivity index (χ1) is 15.2. The van der Waals surface area contributed by atoms with Gasteiger partial charge in [-0.1, -0.05) is 18.5 Å². The highest BCUT2D eigenvalue weighted by Gasteiger charge is 2.58. The van der Waals surface area contributed by atoms with Crippen molar-refractivity contribution < 1.29 is 22.8 Å². The Bertz CT molecular complexity index is 1000. The van der Waals surface area contributed by atoms with E-state index in [-0.39, 0.29) is 23.7 Å². The molecule has 9 heteroatoms. The summed E-state index contributed by atoms with van der Waals surface area (Å²) in [6.45, 7) is 2.03. The monoisotopic (exact) mass is 465 g/mol. The minimum Gasteiger partial charge on any atom is -0.349 e. The minimum absolute atomic E-state index is 0.0370. The molecule has 0 aliphatic heterocycles. The summed E-state index contributed by atoms with van der Waals surface area (Å²) in [5.41, 5.74) is -0.579. The van der Waals surface area contributed by atoms with E-state index in [0.29, 0.717) is 28.3 Å². The zero-order chi connectivity index (χ0) is 23.0. The van der Waals surface area contributed by atoms with Crippen LogP contribution in [-0.4, -0.2) is 28.9 Å². The molecule has 2 saturated carbocycles. The molecule has 0 radical (unpaired) electrons. The van der Waals surface area contributed by atoms with Gasteiger partial charge in [-0.3, -0.25) is 14.6 Å².